The normalized spacial score (nSPS) is 13.2. The Bertz CT molecular complexity index is 340. The molecule has 0 aromatic heterocycles. The van der Waals surface area contributed by atoms with Crippen molar-refractivity contribution in [3.8, 4) is 0 Å². The number of carbonyl (C=O) groups is 1. The van der Waals surface area contributed by atoms with Gasteiger partial charge in [0.15, 0.2) is 0 Å². The largest absolute Gasteiger partial charge is 0.466 e. The van der Waals surface area contributed by atoms with Crippen molar-refractivity contribution in [2.75, 3.05) is 27.2 Å². The average molecular weight is 283 g/mol. The topological polar surface area (TPSA) is 49.8 Å². The number of allylic oxidation sites excluding steroid dienone is 3. The highest BCUT2D eigenvalue weighted by molar-refractivity contribution is 5.88. The van der Waals surface area contributed by atoms with Gasteiger partial charge in [0.05, 0.1) is 12.7 Å². The third-order valence-corrected chi connectivity index (χ3v) is 2.76. The fraction of sp³-hybridized carbons (Fsp3) is 0.688. The number of hydrogen-bond acceptors (Lipinski definition) is 4. The van der Waals surface area contributed by atoms with Crippen LogP contribution in [0.4, 0.5) is 0 Å². The van der Waals surface area contributed by atoms with Crippen molar-refractivity contribution in [3.05, 3.63) is 23.8 Å². The van der Waals surface area contributed by atoms with Crippen LogP contribution in [0.3, 0.4) is 0 Å². The Morgan fingerprint density at radius 2 is 2.05 bits per heavy atom. The summed E-state index contributed by atoms with van der Waals surface area (Å²) in [5, 5.41) is 9.73. The van der Waals surface area contributed by atoms with Crippen LogP contribution in [0.5, 0.6) is 0 Å². The quantitative estimate of drug-likeness (QED) is 0.401. The summed E-state index contributed by atoms with van der Waals surface area (Å²) in [4.78, 5) is 13.7. The Morgan fingerprint density at radius 1 is 1.40 bits per heavy atom. The van der Waals surface area contributed by atoms with Crippen LogP contribution in [0.1, 0.15) is 40.0 Å². The molecule has 0 amide bonds. The fourth-order valence-electron chi connectivity index (χ4n) is 1.98. The molecule has 0 rings (SSSR count). The van der Waals surface area contributed by atoms with Gasteiger partial charge in [-0.25, -0.2) is 4.79 Å². The van der Waals surface area contributed by atoms with Crippen molar-refractivity contribution in [3.63, 3.8) is 0 Å². The van der Waals surface area contributed by atoms with Gasteiger partial charge in [-0.05, 0) is 46.7 Å². The summed E-state index contributed by atoms with van der Waals surface area (Å²) in [5.74, 6) is -0.268. The lowest BCUT2D eigenvalue weighted by molar-refractivity contribution is -0.136. The molecular formula is C16H29NO3. The Hall–Kier alpha value is -1.13. The van der Waals surface area contributed by atoms with Crippen LogP contribution in [-0.2, 0) is 9.53 Å². The molecule has 20 heavy (non-hydrogen) atoms. The number of methoxy groups -OCH3 is 1. The molecule has 1 N–H and O–H groups in total. The number of esters is 1. The van der Waals surface area contributed by atoms with Gasteiger partial charge in [0.25, 0.3) is 0 Å². The molecule has 4 heteroatoms. The highest BCUT2D eigenvalue weighted by Crippen LogP contribution is 2.10. The highest BCUT2D eigenvalue weighted by Gasteiger charge is 2.15. The first-order valence-corrected chi connectivity index (χ1v) is 7.15. The number of rotatable bonds is 9. The van der Waals surface area contributed by atoms with E-state index in [1.165, 1.54) is 7.11 Å². The monoisotopic (exact) mass is 283 g/mol. The molecule has 4 nitrogen and oxygen atoms in total. The molecule has 0 aliphatic heterocycles. The summed E-state index contributed by atoms with van der Waals surface area (Å²) in [7, 11) is 3.37. The van der Waals surface area contributed by atoms with Crippen LogP contribution in [-0.4, -0.2) is 48.8 Å². The van der Waals surface area contributed by atoms with Gasteiger partial charge >= 0.3 is 5.97 Å². The zero-order valence-corrected chi connectivity index (χ0v) is 13.5. The van der Waals surface area contributed by atoms with Gasteiger partial charge in [-0.1, -0.05) is 25.2 Å². The summed E-state index contributed by atoms with van der Waals surface area (Å²) in [6.07, 6.45) is 8.20. The van der Waals surface area contributed by atoms with E-state index in [2.05, 4.69) is 4.90 Å². The van der Waals surface area contributed by atoms with Gasteiger partial charge in [-0.3, -0.25) is 0 Å². The molecule has 0 unspecified atom stereocenters. The van der Waals surface area contributed by atoms with Crippen LogP contribution in [0.15, 0.2) is 23.8 Å². The molecule has 0 aromatic rings. The number of carbonyl (C=O) groups excluding carboxylic acids is 1. The van der Waals surface area contributed by atoms with Gasteiger partial charge in [-0.2, -0.15) is 0 Å². The second-order valence-corrected chi connectivity index (χ2v) is 5.67. The summed E-state index contributed by atoms with van der Waals surface area (Å²) in [6.45, 7) is 7.07. The van der Waals surface area contributed by atoms with E-state index in [0.717, 1.165) is 19.4 Å². The molecule has 0 saturated carbocycles. The Balaban J connectivity index is 4.31. The predicted octanol–water partition coefficient (Wildman–Crippen LogP) is 2.53. The van der Waals surface area contributed by atoms with Crippen molar-refractivity contribution in [2.45, 2.75) is 45.6 Å². The minimum absolute atomic E-state index is 0.268. The summed E-state index contributed by atoms with van der Waals surface area (Å²) < 4.78 is 4.79. The van der Waals surface area contributed by atoms with E-state index < -0.39 is 5.60 Å². The summed E-state index contributed by atoms with van der Waals surface area (Å²) in [5.41, 5.74) is -0.00605. The summed E-state index contributed by atoms with van der Waals surface area (Å²) >= 11 is 0. The second kappa shape index (κ2) is 9.72. The Morgan fingerprint density at radius 3 is 2.55 bits per heavy atom. The molecule has 0 spiro atoms. The molecule has 0 radical (unpaired) electrons. The molecule has 0 saturated heterocycles. The standard InChI is InChI=1S/C16H29NO3/c1-6-7-8-10-14(15(18)20-5)11-9-12-17(4)13-16(2,3)19/h7-8,10,19H,6,9,11-13H2,1-5H3/b8-7+,14-10+. The van der Waals surface area contributed by atoms with Gasteiger partial charge in [0.1, 0.15) is 0 Å². The Labute approximate surface area is 123 Å². The van der Waals surface area contributed by atoms with Crippen LogP contribution in [0.25, 0.3) is 0 Å². The van der Waals surface area contributed by atoms with Gasteiger partial charge in [-0.15, -0.1) is 0 Å². The maximum absolute atomic E-state index is 11.6. The van der Waals surface area contributed by atoms with E-state index in [1.54, 1.807) is 13.8 Å². The lowest BCUT2D eigenvalue weighted by Gasteiger charge is -2.25. The number of likely N-dealkylation sites (N-methyl/N-ethyl adjacent to an activating group) is 1. The molecule has 0 aliphatic rings. The lowest BCUT2D eigenvalue weighted by atomic mass is 10.1. The zero-order chi connectivity index (χ0) is 15.6. The molecule has 0 bridgehead atoms. The smallest absolute Gasteiger partial charge is 0.333 e. The van der Waals surface area contributed by atoms with E-state index in [1.807, 2.05) is 32.2 Å². The SMILES string of the molecule is CC/C=C/C=C(\CCCN(C)CC(C)(C)O)C(=O)OC. The van der Waals surface area contributed by atoms with Crippen LogP contribution >= 0.6 is 0 Å². The average Bonchev–Trinajstić information content (AvgIpc) is 2.34. The van der Waals surface area contributed by atoms with E-state index in [4.69, 9.17) is 4.74 Å². The van der Waals surface area contributed by atoms with Gasteiger partial charge < -0.3 is 14.7 Å². The molecule has 0 atom stereocenters. The first-order valence-electron chi connectivity index (χ1n) is 7.15. The van der Waals surface area contributed by atoms with E-state index >= 15 is 0 Å². The van der Waals surface area contributed by atoms with Crippen LogP contribution in [0, 0.1) is 0 Å². The first kappa shape index (κ1) is 18.9. The van der Waals surface area contributed by atoms with Crippen LogP contribution in [0.2, 0.25) is 0 Å². The van der Waals surface area contributed by atoms with Crippen molar-refractivity contribution < 1.29 is 14.6 Å². The van der Waals surface area contributed by atoms with Crippen molar-refractivity contribution in [1.29, 1.82) is 0 Å². The maximum Gasteiger partial charge on any atom is 0.333 e. The minimum Gasteiger partial charge on any atom is -0.466 e. The molecule has 0 aromatic carbocycles. The summed E-state index contributed by atoms with van der Waals surface area (Å²) in [6, 6.07) is 0. The van der Waals surface area contributed by atoms with Crippen LogP contribution < -0.4 is 0 Å². The fourth-order valence-corrected chi connectivity index (χ4v) is 1.98. The van der Waals surface area contributed by atoms with Crippen molar-refractivity contribution >= 4 is 5.97 Å². The number of ether oxygens (including phenoxy) is 1. The number of nitrogens with zero attached hydrogens (tertiary/aromatic N) is 1. The zero-order valence-electron chi connectivity index (χ0n) is 13.5. The molecule has 0 heterocycles. The van der Waals surface area contributed by atoms with Gasteiger partial charge in [0, 0.05) is 12.1 Å². The second-order valence-electron chi connectivity index (χ2n) is 5.67. The highest BCUT2D eigenvalue weighted by atomic mass is 16.5. The van der Waals surface area contributed by atoms with E-state index in [-0.39, 0.29) is 5.97 Å². The van der Waals surface area contributed by atoms with E-state index in [0.29, 0.717) is 18.5 Å². The maximum atomic E-state index is 11.6. The molecule has 116 valence electrons. The van der Waals surface area contributed by atoms with Crippen molar-refractivity contribution in [2.24, 2.45) is 0 Å². The third-order valence-electron chi connectivity index (χ3n) is 2.76. The predicted molar refractivity (Wildman–Crippen MR) is 82.6 cm³/mol. The van der Waals surface area contributed by atoms with E-state index in [9.17, 15) is 9.90 Å². The third kappa shape index (κ3) is 9.75. The van der Waals surface area contributed by atoms with Crippen molar-refractivity contribution in [1.82, 2.24) is 4.90 Å². The molecule has 0 aliphatic carbocycles. The molecular weight excluding hydrogens is 254 g/mol. The molecule has 0 fully saturated rings. The minimum atomic E-state index is -0.695. The first-order chi connectivity index (χ1) is 9.30. The lowest BCUT2D eigenvalue weighted by Crippen LogP contribution is -2.36. The number of aliphatic hydroxyl groups is 1. The van der Waals surface area contributed by atoms with Gasteiger partial charge in [0.2, 0.25) is 0 Å². The Kier molecular flexibility index (Phi) is 9.17. The number of hydrogen-bond donors (Lipinski definition) is 1.